The molecule has 13 heavy (non-hydrogen) atoms. The number of carboxylic acid groups (broad SMARTS) is 2. The van der Waals surface area contributed by atoms with Crippen LogP contribution >= 0.6 is 0 Å². The van der Waals surface area contributed by atoms with Crippen molar-refractivity contribution < 1.29 is 30.8 Å². The molecule has 1 atom stereocenters. The van der Waals surface area contributed by atoms with E-state index in [1.807, 2.05) is 0 Å². The van der Waals surface area contributed by atoms with Gasteiger partial charge in [-0.05, 0) is 12.8 Å². The van der Waals surface area contributed by atoms with E-state index in [0.717, 1.165) is 0 Å². The summed E-state index contributed by atoms with van der Waals surface area (Å²) in [6, 6.07) is -1.21. The fraction of sp³-hybridized carbons (Fsp3) is 0.600. The first-order valence-electron chi connectivity index (χ1n) is 2.70. The summed E-state index contributed by atoms with van der Waals surface area (Å²) in [5.74, 6) is -2.75. The van der Waals surface area contributed by atoms with Crippen LogP contribution in [-0.2, 0) is 9.59 Å². The van der Waals surface area contributed by atoms with E-state index in [2.05, 4.69) is 0 Å². The molecule has 0 spiro atoms. The molecule has 6 N–H and O–H groups in total. The number of hydrogen-bond acceptors (Lipinski definition) is 5. The molecule has 0 aromatic heterocycles. The Kier molecular flexibility index (Phi) is 22.2. The molecule has 0 rings (SSSR count). The predicted molar refractivity (Wildman–Crippen MR) is 40.2 cm³/mol. The molecule has 7 nitrogen and oxygen atoms in total. The number of rotatable bonds is 4. The van der Waals surface area contributed by atoms with E-state index in [9.17, 15) is 19.8 Å². The summed E-state index contributed by atoms with van der Waals surface area (Å²) < 4.78 is 0. The topological polar surface area (TPSA) is 169 Å². The summed E-state index contributed by atoms with van der Waals surface area (Å²) >= 11 is 0. The molecule has 0 aliphatic carbocycles. The van der Waals surface area contributed by atoms with Gasteiger partial charge in [-0.25, -0.2) is 0 Å². The van der Waals surface area contributed by atoms with Gasteiger partial charge in [0, 0.05) is 12.0 Å². The van der Waals surface area contributed by atoms with Crippen molar-refractivity contribution in [1.82, 2.24) is 0 Å². The molecule has 0 saturated heterocycles. The molecule has 0 aromatic carbocycles. The van der Waals surface area contributed by atoms with Gasteiger partial charge in [0.25, 0.3) is 0 Å². The third-order valence-corrected chi connectivity index (χ3v) is 0.962. The Morgan fingerprint density at radius 2 is 1.62 bits per heavy atom. The van der Waals surface area contributed by atoms with Crippen molar-refractivity contribution in [3.63, 3.8) is 0 Å². The van der Waals surface area contributed by atoms with E-state index < -0.39 is 18.0 Å². The van der Waals surface area contributed by atoms with Crippen molar-refractivity contribution in [3.8, 4) is 0 Å². The van der Waals surface area contributed by atoms with Gasteiger partial charge in [-0.3, -0.25) is 0 Å². The van der Waals surface area contributed by atoms with Crippen LogP contribution in [-0.4, -0.2) is 77.8 Å². The summed E-state index contributed by atoms with van der Waals surface area (Å²) in [5, 5.41) is 19.6. The second kappa shape index (κ2) is 12.4. The summed E-state index contributed by atoms with van der Waals surface area (Å²) in [6.07, 6.45) is -0.500. The number of aliphatic carboxylic acids is 2. The van der Waals surface area contributed by atoms with Gasteiger partial charge >= 0.3 is 48.9 Å². The molecule has 0 saturated carbocycles. The van der Waals surface area contributed by atoms with Crippen LogP contribution in [0.1, 0.15) is 12.8 Å². The molecule has 0 aliphatic rings. The Morgan fingerprint density at radius 3 is 1.85 bits per heavy atom. The number of carboxylic acids is 2. The van der Waals surface area contributed by atoms with Crippen LogP contribution < -0.4 is 15.9 Å². The minimum atomic E-state index is -1.44. The number of nitrogens with two attached hydrogens (primary N) is 1. The molecule has 0 amide bonds. The standard InChI is InChI=1S/C5H9NO4.Ba.2H2O/c6-3(5(9)10)1-2-4(7)8;;;/h3H,1-2,6H2,(H,7,8)(H,9,10);;2*1H2/q;+2;;/p-2/t3-;;;/m1.../s1. The molecule has 0 fully saturated rings. The molecular weight excluding hydrogens is 307 g/mol. The maximum absolute atomic E-state index is 9.86. The van der Waals surface area contributed by atoms with Gasteiger partial charge < -0.3 is 36.5 Å². The monoisotopic (exact) mass is 319 g/mol. The first-order chi connectivity index (χ1) is 4.54. The van der Waals surface area contributed by atoms with Gasteiger partial charge in [0.05, 0.1) is 5.97 Å². The summed E-state index contributed by atoms with van der Waals surface area (Å²) in [4.78, 5) is 19.6. The Balaban J connectivity index is -0.000000135. The number of hydrogen-bond donors (Lipinski definition) is 1. The quantitative estimate of drug-likeness (QED) is 0.509. The number of carbonyl (C=O) groups is 2. The largest absolute Gasteiger partial charge is 2.00 e. The molecular formula is C5H11BaNO6. The van der Waals surface area contributed by atoms with E-state index >= 15 is 0 Å². The molecule has 8 heteroatoms. The first-order valence-corrected chi connectivity index (χ1v) is 2.70. The minimum absolute atomic E-state index is 0. The maximum Gasteiger partial charge on any atom is 2.00 e. The Morgan fingerprint density at radius 1 is 1.23 bits per heavy atom. The third kappa shape index (κ3) is 15.2. The van der Waals surface area contributed by atoms with Crippen LogP contribution in [0, 0.1) is 0 Å². The van der Waals surface area contributed by atoms with Gasteiger partial charge in [-0.2, -0.15) is 0 Å². The third-order valence-electron chi connectivity index (χ3n) is 0.962. The van der Waals surface area contributed by atoms with Gasteiger partial charge in [-0.15, -0.1) is 0 Å². The zero-order valence-corrected chi connectivity index (χ0v) is 11.3. The van der Waals surface area contributed by atoms with Crippen LogP contribution in [0.15, 0.2) is 0 Å². The molecule has 0 heterocycles. The van der Waals surface area contributed by atoms with Crippen LogP contribution in [0.4, 0.5) is 0 Å². The average molecular weight is 318 g/mol. The van der Waals surface area contributed by atoms with Gasteiger partial charge in [0.1, 0.15) is 0 Å². The molecule has 0 aliphatic heterocycles. The Labute approximate surface area is 115 Å². The Bertz CT molecular complexity index is 152. The maximum atomic E-state index is 9.86. The van der Waals surface area contributed by atoms with Crippen LogP contribution in [0.25, 0.3) is 0 Å². The van der Waals surface area contributed by atoms with Crippen LogP contribution in [0.5, 0.6) is 0 Å². The van der Waals surface area contributed by atoms with Crippen molar-refractivity contribution in [2.45, 2.75) is 18.9 Å². The van der Waals surface area contributed by atoms with Gasteiger partial charge in [0.15, 0.2) is 0 Å². The minimum Gasteiger partial charge on any atom is -0.550 e. The SMILES string of the molecule is N[C@H](CCC(=O)[O-])C(=O)[O-].O.O.[Ba+2]. The molecule has 0 radical (unpaired) electrons. The van der Waals surface area contributed by atoms with Crippen molar-refractivity contribution in [2.24, 2.45) is 5.73 Å². The van der Waals surface area contributed by atoms with Crippen LogP contribution in [0.3, 0.4) is 0 Å². The van der Waals surface area contributed by atoms with E-state index in [-0.39, 0.29) is 72.7 Å². The zero-order valence-electron chi connectivity index (χ0n) is 6.91. The predicted octanol–water partition coefficient (Wildman–Crippen LogP) is -5.44. The molecule has 0 unspecified atom stereocenters. The fourth-order valence-electron chi connectivity index (χ4n) is 0.391. The fourth-order valence-corrected chi connectivity index (χ4v) is 0.391. The van der Waals surface area contributed by atoms with E-state index in [1.165, 1.54) is 0 Å². The van der Waals surface area contributed by atoms with Crippen molar-refractivity contribution in [1.29, 1.82) is 0 Å². The summed E-state index contributed by atoms with van der Waals surface area (Å²) in [6.45, 7) is 0. The van der Waals surface area contributed by atoms with E-state index in [0.29, 0.717) is 0 Å². The van der Waals surface area contributed by atoms with E-state index in [1.54, 1.807) is 0 Å². The second-order valence-electron chi connectivity index (χ2n) is 1.84. The summed E-state index contributed by atoms with van der Waals surface area (Å²) in [7, 11) is 0. The first kappa shape index (κ1) is 23.3. The normalized spacial score (nSPS) is 9.62. The van der Waals surface area contributed by atoms with E-state index in [4.69, 9.17) is 5.73 Å². The van der Waals surface area contributed by atoms with Gasteiger partial charge in [0.2, 0.25) is 0 Å². The number of carbonyl (C=O) groups excluding carboxylic acids is 2. The van der Waals surface area contributed by atoms with Crippen LogP contribution in [0.2, 0.25) is 0 Å². The second-order valence-corrected chi connectivity index (χ2v) is 1.84. The molecule has 0 bridgehead atoms. The van der Waals surface area contributed by atoms with Crippen molar-refractivity contribution >= 4 is 60.8 Å². The molecule has 0 aromatic rings. The van der Waals surface area contributed by atoms with Gasteiger partial charge in [-0.1, -0.05) is 0 Å². The average Bonchev–Trinajstić information content (AvgIpc) is 1.82. The smallest absolute Gasteiger partial charge is 0.550 e. The molecule has 74 valence electrons. The zero-order chi connectivity index (χ0) is 8.15. The van der Waals surface area contributed by atoms with Crippen molar-refractivity contribution in [2.75, 3.05) is 0 Å². The van der Waals surface area contributed by atoms with Crippen molar-refractivity contribution in [3.05, 3.63) is 0 Å². The Hall–Kier alpha value is 0.391. The summed E-state index contributed by atoms with van der Waals surface area (Å²) in [5.41, 5.74) is 4.91.